The number of carboxylic acids is 2. The van der Waals surface area contributed by atoms with E-state index in [0.29, 0.717) is 0 Å². The molecule has 96 valence electrons. The van der Waals surface area contributed by atoms with Gasteiger partial charge in [0.15, 0.2) is 0 Å². The summed E-state index contributed by atoms with van der Waals surface area (Å²) < 4.78 is 0. The van der Waals surface area contributed by atoms with Crippen LogP contribution < -0.4 is 0 Å². The minimum absolute atomic E-state index is 0.105. The summed E-state index contributed by atoms with van der Waals surface area (Å²) in [4.78, 5) is 31.4. The van der Waals surface area contributed by atoms with Crippen LogP contribution in [0.3, 0.4) is 0 Å². The van der Waals surface area contributed by atoms with Gasteiger partial charge in [-0.05, 0) is 12.0 Å². The molecule has 18 heavy (non-hydrogen) atoms. The van der Waals surface area contributed by atoms with Gasteiger partial charge in [0.05, 0.1) is 10.8 Å². The standard InChI is InChI=1S/C11H11NO6/c13-10(14)5-4-9(11(15)16)7-2-1-3-8(6-7)12(17)18/h1-3,6,9H,4-5H2,(H,13,14)(H,15,16). The van der Waals surface area contributed by atoms with Crippen LogP contribution in [0.15, 0.2) is 24.3 Å². The van der Waals surface area contributed by atoms with Gasteiger partial charge in [-0.25, -0.2) is 0 Å². The van der Waals surface area contributed by atoms with Crippen LogP contribution in [0.4, 0.5) is 5.69 Å². The molecular weight excluding hydrogens is 242 g/mol. The lowest BCUT2D eigenvalue weighted by molar-refractivity contribution is -0.384. The Labute approximate surface area is 102 Å². The molecule has 7 nitrogen and oxygen atoms in total. The third-order valence-electron chi connectivity index (χ3n) is 2.43. The number of hydrogen-bond donors (Lipinski definition) is 2. The van der Waals surface area contributed by atoms with Gasteiger partial charge in [-0.15, -0.1) is 0 Å². The highest BCUT2D eigenvalue weighted by atomic mass is 16.6. The number of nitrogens with zero attached hydrogens (tertiary/aromatic N) is 1. The van der Waals surface area contributed by atoms with Crippen molar-refractivity contribution in [1.82, 2.24) is 0 Å². The summed E-state index contributed by atoms with van der Waals surface area (Å²) in [7, 11) is 0. The summed E-state index contributed by atoms with van der Waals surface area (Å²) in [5.41, 5.74) is 0.0204. The van der Waals surface area contributed by atoms with Gasteiger partial charge in [-0.2, -0.15) is 0 Å². The molecule has 0 spiro atoms. The number of nitro benzene ring substituents is 1. The van der Waals surface area contributed by atoms with Gasteiger partial charge in [-0.3, -0.25) is 19.7 Å². The molecule has 2 N–H and O–H groups in total. The summed E-state index contributed by atoms with van der Waals surface area (Å²) in [5, 5.41) is 28.1. The van der Waals surface area contributed by atoms with Gasteiger partial charge < -0.3 is 10.2 Å². The largest absolute Gasteiger partial charge is 0.481 e. The third-order valence-corrected chi connectivity index (χ3v) is 2.43. The van der Waals surface area contributed by atoms with E-state index in [9.17, 15) is 19.7 Å². The molecule has 0 saturated heterocycles. The smallest absolute Gasteiger partial charge is 0.310 e. The summed E-state index contributed by atoms with van der Waals surface area (Å²) in [6.07, 6.45) is -0.411. The van der Waals surface area contributed by atoms with Crippen LogP contribution in [0.1, 0.15) is 24.3 Å². The topological polar surface area (TPSA) is 118 Å². The van der Waals surface area contributed by atoms with Gasteiger partial charge in [0.2, 0.25) is 0 Å². The van der Waals surface area contributed by atoms with E-state index in [-0.39, 0.29) is 24.1 Å². The highest BCUT2D eigenvalue weighted by Gasteiger charge is 2.22. The first kappa shape index (κ1) is 13.6. The lowest BCUT2D eigenvalue weighted by Gasteiger charge is -2.11. The number of hydrogen-bond acceptors (Lipinski definition) is 4. The number of carbonyl (C=O) groups is 2. The second-order valence-corrected chi connectivity index (χ2v) is 3.68. The molecule has 0 saturated carbocycles. The molecule has 0 aliphatic rings. The second-order valence-electron chi connectivity index (χ2n) is 3.68. The molecule has 1 unspecified atom stereocenters. The Morgan fingerprint density at radius 1 is 1.33 bits per heavy atom. The Bertz CT molecular complexity index is 484. The molecule has 1 aromatic rings. The Kier molecular flexibility index (Phi) is 4.36. The van der Waals surface area contributed by atoms with Crippen LogP contribution in [0.5, 0.6) is 0 Å². The van der Waals surface area contributed by atoms with Gasteiger partial charge in [0, 0.05) is 18.6 Å². The molecule has 0 radical (unpaired) electrons. The van der Waals surface area contributed by atoms with Crippen molar-refractivity contribution >= 4 is 17.6 Å². The highest BCUT2D eigenvalue weighted by Crippen LogP contribution is 2.25. The molecule has 1 atom stereocenters. The van der Waals surface area contributed by atoms with Crippen molar-refractivity contribution in [2.24, 2.45) is 0 Å². The van der Waals surface area contributed by atoms with E-state index in [1.807, 2.05) is 0 Å². The van der Waals surface area contributed by atoms with E-state index in [1.165, 1.54) is 18.2 Å². The van der Waals surface area contributed by atoms with Crippen molar-refractivity contribution in [2.75, 3.05) is 0 Å². The van der Waals surface area contributed by atoms with Crippen molar-refractivity contribution in [3.8, 4) is 0 Å². The molecule has 0 aromatic heterocycles. The maximum atomic E-state index is 11.0. The van der Waals surface area contributed by atoms with E-state index in [1.54, 1.807) is 0 Å². The van der Waals surface area contributed by atoms with Crippen molar-refractivity contribution in [2.45, 2.75) is 18.8 Å². The molecule has 0 heterocycles. The minimum atomic E-state index is -1.20. The first-order chi connectivity index (χ1) is 8.41. The maximum Gasteiger partial charge on any atom is 0.310 e. The van der Waals surface area contributed by atoms with Crippen molar-refractivity contribution in [3.05, 3.63) is 39.9 Å². The van der Waals surface area contributed by atoms with Crippen LogP contribution in [0.2, 0.25) is 0 Å². The van der Waals surface area contributed by atoms with Crippen LogP contribution in [0.25, 0.3) is 0 Å². The summed E-state index contributed by atoms with van der Waals surface area (Å²) in [6.45, 7) is 0. The molecule has 1 aromatic carbocycles. The Morgan fingerprint density at radius 2 is 2.00 bits per heavy atom. The lowest BCUT2D eigenvalue weighted by atomic mass is 9.94. The normalized spacial score (nSPS) is 11.8. The first-order valence-electron chi connectivity index (χ1n) is 5.10. The SMILES string of the molecule is O=C(O)CCC(C(=O)O)c1cccc([N+](=O)[O-])c1. The number of rotatable bonds is 6. The molecule has 0 bridgehead atoms. The van der Waals surface area contributed by atoms with Crippen molar-refractivity contribution in [1.29, 1.82) is 0 Å². The highest BCUT2D eigenvalue weighted by molar-refractivity contribution is 5.77. The average molecular weight is 253 g/mol. The quantitative estimate of drug-likeness (QED) is 0.587. The van der Waals surface area contributed by atoms with E-state index >= 15 is 0 Å². The van der Waals surface area contributed by atoms with Gasteiger partial charge in [0.1, 0.15) is 0 Å². The van der Waals surface area contributed by atoms with Crippen LogP contribution in [0, 0.1) is 10.1 Å². The van der Waals surface area contributed by atoms with Crippen molar-refractivity contribution in [3.63, 3.8) is 0 Å². The van der Waals surface area contributed by atoms with E-state index < -0.39 is 22.8 Å². The Morgan fingerprint density at radius 3 is 2.50 bits per heavy atom. The maximum absolute atomic E-state index is 11.0. The van der Waals surface area contributed by atoms with Crippen molar-refractivity contribution < 1.29 is 24.7 Å². The second kappa shape index (κ2) is 5.76. The van der Waals surface area contributed by atoms with Crippen LogP contribution in [-0.4, -0.2) is 27.1 Å². The summed E-state index contributed by atoms with van der Waals surface area (Å²) in [6, 6.07) is 5.22. The van der Waals surface area contributed by atoms with E-state index in [4.69, 9.17) is 10.2 Å². The van der Waals surface area contributed by atoms with Crippen LogP contribution >= 0.6 is 0 Å². The molecule has 0 aliphatic carbocycles. The molecule has 1 rings (SSSR count). The zero-order chi connectivity index (χ0) is 13.7. The van der Waals surface area contributed by atoms with E-state index in [0.717, 1.165) is 6.07 Å². The zero-order valence-electron chi connectivity index (χ0n) is 9.28. The van der Waals surface area contributed by atoms with E-state index in [2.05, 4.69) is 0 Å². The van der Waals surface area contributed by atoms with Gasteiger partial charge in [0.25, 0.3) is 5.69 Å². The molecule has 0 fully saturated rings. The predicted molar refractivity (Wildman–Crippen MR) is 60.3 cm³/mol. The van der Waals surface area contributed by atoms with Crippen LogP contribution in [-0.2, 0) is 9.59 Å². The third kappa shape index (κ3) is 3.55. The first-order valence-corrected chi connectivity index (χ1v) is 5.10. The summed E-state index contributed by atoms with van der Waals surface area (Å²) in [5.74, 6) is -3.36. The molecular formula is C11H11NO6. The fourth-order valence-electron chi connectivity index (χ4n) is 1.56. The Hall–Kier alpha value is -2.44. The fourth-order valence-corrected chi connectivity index (χ4v) is 1.56. The molecule has 0 amide bonds. The van der Waals surface area contributed by atoms with Gasteiger partial charge in [-0.1, -0.05) is 12.1 Å². The number of aliphatic carboxylic acids is 2. The summed E-state index contributed by atoms with van der Waals surface area (Å²) >= 11 is 0. The zero-order valence-corrected chi connectivity index (χ0v) is 9.28. The number of carboxylic acid groups (broad SMARTS) is 2. The number of non-ortho nitro benzene ring substituents is 1. The molecule has 0 aliphatic heterocycles. The predicted octanol–water partition coefficient (Wildman–Crippen LogP) is 1.63. The number of nitro groups is 1. The fraction of sp³-hybridized carbons (Fsp3) is 0.273. The molecule has 7 heteroatoms. The Balaban J connectivity index is 2.98. The lowest BCUT2D eigenvalue weighted by Crippen LogP contribution is -2.13. The monoisotopic (exact) mass is 253 g/mol. The number of benzene rings is 1. The minimum Gasteiger partial charge on any atom is -0.481 e. The average Bonchev–Trinajstić information content (AvgIpc) is 2.28. The van der Waals surface area contributed by atoms with Gasteiger partial charge >= 0.3 is 11.9 Å².